The van der Waals surface area contributed by atoms with Gasteiger partial charge < -0.3 is 15.4 Å². The van der Waals surface area contributed by atoms with E-state index in [4.69, 9.17) is 10.5 Å². The Kier molecular flexibility index (Phi) is 3.64. The van der Waals surface area contributed by atoms with Crippen LogP contribution in [0.3, 0.4) is 0 Å². The Morgan fingerprint density at radius 2 is 2.05 bits per heavy atom. The maximum Gasteiger partial charge on any atom is 0.228 e. The molecule has 0 bridgehead atoms. The minimum atomic E-state index is 0.318. The minimum absolute atomic E-state index is 0.318. The molecule has 5 heteroatoms. The lowest BCUT2D eigenvalue weighted by molar-refractivity contribution is 0.413. The van der Waals surface area contributed by atoms with Gasteiger partial charge in [-0.15, -0.1) is 0 Å². The van der Waals surface area contributed by atoms with Gasteiger partial charge in [-0.1, -0.05) is 29.8 Å². The zero-order valence-corrected chi connectivity index (χ0v) is 12.4. The van der Waals surface area contributed by atoms with E-state index in [2.05, 4.69) is 46.1 Å². The van der Waals surface area contributed by atoms with Crippen LogP contribution in [0.15, 0.2) is 30.5 Å². The molecular formula is C16H20N4O. The molecule has 1 fully saturated rings. The first-order chi connectivity index (χ1) is 10.2. The van der Waals surface area contributed by atoms with Gasteiger partial charge in [-0.05, 0) is 25.3 Å². The van der Waals surface area contributed by atoms with E-state index in [1.807, 2.05) is 0 Å². The summed E-state index contributed by atoms with van der Waals surface area (Å²) in [5.74, 6) is 1.58. The van der Waals surface area contributed by atoms with Crippen molar-refractivity contribution >= 4 is 11.8 Å². The van der Waals surface area contributed by atoms with Crippen molar-refractivity contribution in [1.29, 1.82) is 0 Å². The standard InChI is InChI=1S/C16H20N4O/c1-11-5-7-12(8-6-11)13-4-3-9-20(13)16-18-10-14(21-2)15(17)19-16/h5-8,10,13H,3-4,9H2,1-2H3,(H2,17,18,19). The van der Waals surface area contributed by atoms with Crippen LogP contribution in [0.2, 0.25) is 0 Å². The molecule has 2 heterocycles. The number of rotatable bonds is 3. The molecule has 3 rings (SSSR count). The van der Waals surface area contributed by atoms with Gasteiger partial charge in [-0.25, -0.2) is 4.98 Å². The Labute approximate surface area is 124 Å². The van der Waals surface area contributed by atoms with Crippen LogP contribution in [-0.2, 0) is 0 Å². The molecule has 0 spiro atoms. The fraction of sp³-hybridized carbons (Fsp3) is 0.375. The summed E-state index contributed by atoms with van der Waals surface area (Å²) < 4.78 is 5.12. The average molecular weight is 284 g/mol. The van der Waals surface area contributed by atoms with E-state index < -0.39 is 0 Å². The lowest BCUT2D eigenvalue weighted by atomic mass is 10.0. The molecule has 0 saturated carbocycles. The van der Waals surface area contributed by atoms with Crippen molar-refractivity contribution in [3.05, 3.63) is 41.6 Å². The number of ether oxygens (including phenoxy) is 1. The highest BCUT2D eigenvalue weighted by Crippen LogP contribution is 2.35. The molecule has 1 aliphatic heterocycles. The second kappa shape index (κ2) is 5.60. The van der Waals surface area contributed by atoms with E-state index >= 15 is 0 Å². The topological polar surface area (TPSA) is 64.3 Å². The third kappa shape index (κ3) is 2.63. The first kappa shape index (κ1) is 13.7. The zero-order chi connectivity index (χ0) is 14.8. The monoisotopic (exact) mass is 284 g/mol. The molecule has 110 valence electrons. The normalized spacial score (nSPS) is 18.0. The Hall–Kier alpha value is -2.30. The molecule has 1 atom stereocenters. The predicted octanol–water partition coefficient (Wildman–Crippen LogP) is 2.72. The summed E-state index contributed by atoms with van der Waals surface area (Å²) in [6.07, 6.45) is 3.88. The minimum Gasteiger partial charge on any atom is -0.491 e. The number of hydrogen-bond donors (Lipinski definition) is 1. The van der Waals surface area contributed by atoms with Gasteiger partial charge in [0.05, 0.1) is 19.3 Å². The molecule has 1 unspecified atom stereocenters. The van der Waals surface area contributed by atoms with Crippen LogP contribution in [0.25, 0.3) is 0 Å². The largest absolute Gasteiger partial charge is 0.491 e. The summed E-state index contributed by atoms with van der Waals surface area (Å²) >= 11 is 0. The Balaban J connectivity index is 1.90. The van der Waals surface area contributed by atoms with Crippen molar-refractivity contribution in [3.63, 3.8) is 0 Å². The van der Waals surface area contributed by atoms with E-state index in [9.17, 15) is 0 Å². The summed E-state index contributed by atoms with van der Waals surface area (Å²) in [6.45, 7) is 3.05. The molecule has 5 nitrogen and oxygen atoms in total. The molecule has 0 amide bonds. The number of hydrogen-bond acceptors (Lipinski definition) is 5. The maximum absolute atomic E-state index is 5.90. The van der Waals surface area contributed by atoms with E-state index in [1.54, 1.807) is 13.3 Å². The summed E-state index contributed by atoms with van der Waals surface area (Å²) in [7, 11) is 1.57. The van der Waals surface area contributed by atoms with Gasteiger partial charge in [0.15, 0.2) is 11.6 Å². The van der Waals surface area contributed by atoms with Gasteiger partial charge in [0, 0.05) is 6.54 Å². The summed E-state index contributed by atoms with van der Waals surface area (Å²) in [6, 6.07) is 8.99. The molecule has 0 radical (unpaired) electrons. The quantitative estimate of drug-likeness (QED) is 0.939. The number of nitrogens with zero attached hydrogens (tertiary/aromatic N) is 3. The molecule has 0 aliphatic carbocycles. The van der Waals surface area contributed by atoms with Crippen molar-refractivity contribution in [3.8, 4) is 5.75 Å². The SMILES string of the molecule is COc1cnc(N2CCCC2c2ccc(C)cc2)nc1N. The van der Waals surface area contributed by atoms with Gasteiger partial charge in [0.25, 0.3) is 0 Å². The predicted molar refractivity (Wildman–Crippen MR) is 83.5 cm³/mol. The number of anilines is 2. The lowest BCUT2D eigenvalue weighted by Gasteiger charge is -2.25. The van der Waals surface area contributed by atoms with Crippen LogP contribution >= 0.6 is 0 Å². The third-order valence-corrected chi connectivity index (χ3v) is 3.96. The molecule has 1 aromatic heterocycles. The maximum atomic E-state index is 5.90. The molecule has 1 saturated heterocycles. The highest BCUT2D eigenvalue weighted by Gasteiger charge is 2.28. The van der Waals surface area contributed by atoms with E-state index in [1.165, 1.54) is 11.1 Å². The van der Waals surface area contributed by atoms with Crippen LogP contribution in [0.4, 0.5) is 11.8 Å². The van der Waals surface area contributed by atoms with Crippen molar-refractivity contribution in [2.24, 2.45) is 0 Å². The Morgan fingerprint density at radius 3 is 2.71 bits per heavy atom. The van der Waals surface area contributed by atoms with E-state index in [0.717, 1.165) is 19.4 Å². The lowest BCUT2D eigenvalue weighted by Crippen LogP contribution is -2.25. The summed E-state index contributed by atoms with van der Waals surface area (Å²) in [5.41, 5.74) is 8.47. The number of nitrogen functional groups attached to an aromatic ring is 1. The van der Waals surface area contributed by atoms with Crippen LogP contribution in [0.1, 0.15) is 30.0 Å². The summed E-state index contributed by atoms with van der Waals surface area (Å²) in [4.78, 5) is 11.0. The second-order valence-corrected chi connectivity index (χ2v) is 5.39. The van der Waals surface area contributed by atoms with Gasteiger partial charge in [-0.2, -0.15) is 4.98 Å². The number of nitrogens with two attached hydrogens (primary N) is 1. The van der Waals surface area contributed by atoms with Crippen LogP contribution in [0.5, 0.6) is 5.75 Å². The van der Waals surface area contributed by atoms with Gasteiger partial charge in [0.2, 0.25) is 5.95 Å². The third-order valence-electron chi connectivity index (χ3n) is 3.96. The zero-order valence-electron chi connectivity index (χ0n) is 12.4. The van der Waals surface area contributed by atoms with Crippen molar-refractivity contribution in [2.45, 2.75) is 25.8 Å². The van der Waals surface area contributed by atoms with Crippen molar-refractivity contribution in [2.75, 3.05) is 24.3 Å². The fourth-order valence-corrected chi connectivity index (χ4v) is 2.81. The Morgan fingerprint density at radius 1 is 1.29 bits per heavy atom. The Bertz CT molecular complexity index is 627. The number of aromatic nitrogens is 2. The van der Waals surface area contributed by atoms with Gasteiger partial charge >= 0.3 is 0 Å². The smallest absolute Gasteiger partial charge is 0.228 e. The molecular weight excluding hydrogens is 264 g/mol. The molecule has 2 N–H and O–H groups in total. The summed E-state index contributed by atoms with van der Waals surface area (Å²) in [5, 5.41) is 0. The molecule has 1 aromatic carbocycles. The first-order valence-corrected chi connectivity index (χ1v) is 7.19. The van der Waals surface area contributed by atoms with Gasteiger partial charge in [-0.3, -0.25) is 0 Å². The van der Waals surface area contributed by atoms with Crippen LogP contribution in [0, 0.1) is 6.92 Å². The van der Waals surface area contributed by atoms with Crippen LogP contribution < -0.4 is 15.4 Å². The first-order valence-electron chi connectivity index (χ1n) is 7.19. The molecule has 21 heavy (non-hydrogen) atoms. The molecule has 2 aromatic rings. The highest BCUT2D eigenvalue weighted by molar-refractivity contribution is 5.50. The number of aryl methyl sites for hydroxylation is 1. The van der Waals surface area contributed by atoms with Crippen LogP contribution in [-0.4, -0.2) is 23.6 Å². The average Bonchev–Trinajstić information content (AvgIpc) is 2.97. The van der Waals surface area contributed by atoms with Crippen molar-refractivity contribution < 1.29 is 4.74 Å². The molecule has 1 aliphatic rings. The second-order valence-electron chi connectivity index (χ2n) is 5.39. The highest BCUT2D eigenvalue weighted by atomic mass is 16.5. The fourth-order valence-electron chi connectivity index (χ4n) is 2.81. The van der Waals surface area contributed by atoms with E-state index in [-0.39, 0.29) is 0 Å². The van der Waals surface area contributed by atoms with Gasteiger partial charge in [0.1, 0.15) is 0 Å². The number of benzene rings is 1. The number of methoxy groups -OCH3 is 1. The van der Waals surface area contributed by atoms with Crippen molar-refractivity contribution in [1.82, 2.24) is 9.97 Å². The van der Waals surface area contributed by atoms with E-state index in [0.29, 0.717) is 23.6 Å².